The van der Waals surface area contributed by atoms with Crippen LogP contribution in [0.2, 0.25) is 0 Å². The van der Waals surface area contributed by atoms with Crippen LogP contribution in [0.1, 0.15) is 6.23 Å². The van der Waals surface area contributed by atoms with Crippen molar-refractivity contribution >= 4 is 17.0 Å². The van der Waals surface area contributed by atoms with Crippen molar-refractivity contribution in [3.63, 3.8) is 0 Å². The van der Waals surface area contributed by atoms with Gasteiger partial charge < -0.3 is 45.1 Å². The number of aliphatic hydroxyl groups excluding tert-OH is 4. The number of hydrogen-bond acceptors (Lipinski definition) is 12. The molecule has 8 atom stereocenters. The third-order valence-corrected chi connectivity index (χ3v) is 5.68. The Kier molecular flexibility index (Phi) is 4.45. The minimum atomic E-state index is -1.27. The molecule has 0 aliphatic carbocycles. The number of aromatic nitrogens is 4. The maximum absolute atomic E-state index is 10.5. The number of nitrogens with two attached hydrogens (primary N) is 1. The van der Waals surface area contributed by atoms with Gasteiger partial charge in [-0.25, -0.2) is 15.0 Å². The van der Waals surface area contributed by atoms with Crippen LogP contribution in [0.25, 0.3) is 11.2 Å². The summed E-state index contributed by atoms with van der Waals surface area (Å²) in [6, 6.07) is 0. The highest BCUT2D eigenvalue weighted by Crippen LogP contribution is 2.40. The molecule has 5 rings (SSSR count). The van der Waals surface area contributed by atoms with Crippen molar-refractivity contribution < 1.29 is 39.4 Å². The van der Waals surface area contributed by atoms with Crippen LogP contribution in [0.3, 0.4) is 0 Å². The van der Waals surface area contributed by atoms with Gasteiger partial charge in [0.15, 0.2) is 24.0 Å². The standard InChI is InChI=1S/C16H21N5O8/c17-12-7-13(19-4-18-12)21(5-20-7)14-9(24)8(23)6(28-14)1-26-15-10-11(25)16(2-22,29-15)3-27-10/h4-6,8-11,14-15,22-25H,1-3H2,(H2,17,18,19)/t6-,8-,9-,10-,11+,14-,15-,16+/m1/s1. The van der Waals surface area contributed by atoms with Crippen molar-refractivity contribution in [2.75, 3.05) is 25.6 Å². The van der Waals surface area contributed by atoms with Crippen molar-refractivity contribution in [2.24, 2.45) is 0 Å². The molecule has 2 aromatic rings. The van der Waals surface area contributed by atoms with E-state index in [1.165, 1.54) is 17.2 Å². The maximum atomic E-state index is 10.5. The molecule has 5 heterocycles. The van der Waals surface area contributed by atoms with E-state index in [0.29, 0.717) is 11.2 Å². The van der Waals surface area contributed by atoms with E-state index in [-0.39, 0.29) is 19.0 Å². The second-order valence-corrected chi connectivity index (χ2v) is 7.39. The van der Waals surface area contributed by atoms with Crippen LogP contribution >= 0.6 is 0 Å². The summed E-state index contributed by atoms with van der Waals surface area (Å²) in [5.41, 5.74) is 5.28. The molecule has 0 unspecified atom stereocenters. The van der Waals surface area contributed by atoms with Gasteiger partial charge in [-0.05, 0) is 0 Å². The van der Waals surface area contributed by atoms with E-state index in [1.54, 1.807) is 0 Å². The van der Waals surface area contributed by atoms with Crippen LogP contribution in [0.4, 0.5) is 5.82 Å². The molecule has 29 heavy (non-hydrogen) atoms. The van der Waals surface area contributed by atoms with Gasteiger partial charge in [-0.3, -0.25) is 4.57 Å². The fourth-order valence-electron chi connectivity index (χ4n) is 3.99. The fraction of sp³-hybridized carbons (Fsp3) is 0.688. The monoisotopic (exact) mass is 411 g/mol. The van der Waals surface area contributed by atoms with E-state index in [4.69, 9.17) is 24.7 Å². The molecule has 3 fully saturated rings. The van der Waals surface area contributed by atoms with Crippen molar-refractivity contribution in [3.8, 4) is 0 Å². The second-order valence-electron chi connectivity index (χ2n) is 7.39. The average molecular weight is 411 g/mol. The molecule has 0 saturated carbocycles. The van der Waals surface area contributed by atoms with Crippen LogP contribution in [0.15, 0.2) is 12.7 Å². The van der Waals surface area contributed by atoms with Gasteiger partial charge in [0.25, 0.3) is 0 Å². The Hall–Kier alpha value is -1.97. The second kappa shape index (κ2) is 6.78. The first kappa shape index (κ1) is 19.0. The number of fused-ring (bicyclic) bond motifs is 3. The zero-order chi connectivity index (χ0) is 20.3. The summed E-state index contributed by atoms with van der Waals surface area (Å²) >= 11 is 0. The summed E-state index contributed by atoms with van der Waals surface area (Å²) in [6.45, 7) is -0.485. The molecule has 3 aliphatic heterocycles. The Morgan fingerprint density at radius 3 is 2.83 bits per heavy atom. The average Bonchev–Trinajstić information content (AvgIpc) is 3.43. The fourth-order valence-corrected chi connectivity index (χ4v) is 3.99. The summed E-state index contributed by atoms with van der Waals surface area (Å²) < 4.78 is 23.9. The lowest BCUT2D eigenvalue weighted by Crippen LogP contribution is -2.45. The first-order chi connectivity index (χ1) is 13.9. The SMILES string of the molecule is Nc1ncnc2c1ncn2[C@@H]1O[C@H](CO[C@@H]2O[C@@]3(CO)CO[C@@H]2[C@@H]3O)[C@@H](O)[C@H]1O. The first-order valence-corrected chi connectivity index (χ1v) is 9.10. The summed E-state index contributed by atoms with van der Waals surface area (Å²) in [4.78, 5) is 12.1. The molecular formula is C16H21N5O8. The van der Waals surface area contributed by atoms with Gasteiger partial charge in [0.2, 0.25) is 0 Å². The molecule has 0 aromatic carbocycles. The predicted octanol–water partition coefficient (Wildman–Crippen LogP) is -3.11. The number of aliphatic hydroxyl groups is 4. The van der Waals surface area contributed by atoms with Crippen LogP contribution in [-0.4, -0.2) is 102 Å². The van der Waals surface area contributed by atoms with Crippen molar-refractivity contribution in [2.45, 2.75) is 48.6 Å². The number of ether oxygens (including phenoxy) is 4. The molecule has 2 bridgehead atoms. The minimum absolute atomic E-state index is 0.0667. The van der Waals surface area contributed by atoms with Crippen molar-refractivity contribution in [1.29, 1.82) is 0 Å². The number of imidazole rings is 1. The van der Waals surface area contributed by atoms with Crippen LogP contribution in [-0.2, 0) is 18.9 Å². The summed E-state index contributed by atoms with van der Waals surface area (Å²) in [5.74, 6) is 0.187. The lowest BCUT2D eigenvalue weighted by atomic mass is 10.0. The van der Waals surface area contributed by atoms with Crippen molar-refractivity contribution in [3.05, 3.63) is 12.7 Å². The summed E-state index contributed by atoms with van der Waals surface area (Å²) in [7, 11) is 0. The smallest absolute Gasteiger partial charge is 0.187 e. The normalized spacial score (nSPS) is 41.6. The van der Waals surface area contributed by atoms with E-state index in [9.17, 15) is 20.4 Å². The molecule has 6 N–H and O–H groups in total. The molecular weight excluding hydrogens is 390 g/mol. The maximum Gasteiger partial charge on any atom is 0.187 e. The molecule has 13 nitrogen and oxygen atoms in total. The van der Waals surface area contributed by atoms with E-state index in [0.717, 1.165) is 0 Å². The Labute approximate surface area is 163 Å². The Morgan fingerprint density at radius 1 is 1.24 bits per heavy atom. The topological polar surface area (TPSA) is 187 Å². The summed E-state index contributed by atoms with van der Waals surface area (Å²) in [5, 5.41) is 40.5. The quantitative estimate of drug-likeness (QED) is 0.334. The zero-order valence-electron chi connectivity index (χ0n) is 15.1. The van der Waals surface area contributed by atoms with Gasteiger partial charge >= 0.3 is 0 Å². The van der Waals surface area contributed by atoms with E-state index >= 15 is 0 Å². The number of rotatable bonds is 5. The van der Waals surface area contributed by atoms with Gasteiger partial charge in [0.05, 0.1) is 26.1 Å². The highest BCUT2D eigenvalue weighted by atomic mass is 16.8. The Balaban J connectivity index is 1.29. The Bertz CT molecular complexity index is 913. The first-order valence-electron chi connectivity index (χ1n) is 9.10. The van der Waals surface area contributed by atoms with Gasteiger partial charge in [0.1, 0.15) is 48.0 Å². The molecule has 0 spiro atoms. The summed E-state index contributed by atoms with van der Waals surface area (Å²) in [6.07, 6.45) is -4.43. The molecule has 158 valence electrons. The van der Waals surface area contributed by atoms with E-state index in [2.05, 4.69) is 15.0 Å². The third-order valence-electron chi connectivity index (χ3n) is 5.68. The van der Waals surface area contributed by atoms with Crippen LogP contribution < -0.4 is 5.73 Å². The van der Waals surface area contributed by atoms with Crippen molar-refractivity contribution in [1.82, 2.24) is 19.5 Å². The predicted molar refractivity (Wildman–Crippen MR) is 92.0 cm³/mol. The molecule has 3 aliphatic rings. The minimum Gasteiger partial charge on any atom is -0.393 e. The van der Waals surface area contributed by atoms with Gasteiger partial charge in [-0.1, -0.05) is 0 Å². The number of nitrogens with zero attached hydrogens (tertiary/aromatic N) is 4. The third kappa shape index (κ3) is 2.74. The molecule has 2 aromatic heterocycles. The van der Waals surface area contributed by atoms with Gasteiger partial charge in [-0.2, -0.15) is 0 Å². The lowest BCUT2D eigenvalue weighted by Gasteiger charge is -2.29. The number of hydrogen-bond donors (Lipinski definition) is 5. The molecule has 0 amide bonds. The van der Waals surface area contributed by atoms with E-state index in [1.807, 2.05) is 0 Å². The molecule has 0 radical (unpaired) electrons. The highest BCUT2D eigenvalue weighted by molar-refractivity contribution is 5.81. The van der Waals surface area contributed by atoms with Gasteiger partial charge in [-0.15, -0.1) is 0 Å². The van der Waals surface area contributed by atoms with Gasteiger partial charge in [0, 0.05) is 0 Å². The number of nitrogen functional groups attached to an aromatic ring is 1. The molecule has 13 heteroatoms. The molecule has 3 saturated heterocycles. The lowest BCUT2D eigenvalue weighted by molar-refractivity contribution is -0.259. The zero-order valence-corrected chi connectivity index (χ0v) is 15.1. The van der Waals surface area contributed by atoms with Crippen LogP contribution in [0.5, 0.6) is 0 Å². The number of anilines is 1. The largest absolute Gasteiger partial charge is 0.393 e. The van der Waals surface area contributed by atoms with E-state index < -0.39 is 55.2 Å². The highest BCUT2D eigenvalue weighted by Gasteiger charge is 2.61. The van der Waals surface area contributed by atoms with Crippen LogP contribution in [0, 0.1) is 0 Å². The Morgan fingerprint density at radius 2 is 2.07 bits per heavy atom.